The second-order valence-corrected chi connectivity index (χ2v) is 7.05. The highest BCUT2D eigenvalue weighted by atomic mass is 127. The van der Waals surface area contributed by atoms with Crippen LogP contribution in [-0.4, -0.2) is 24.9 Å². The summed E-state index contributed by atoms with van der Waals surface area (Å²) in [6, 6.07) is 9.69. The zero-order valence-corrected chi connectivity index (χ0v) is 17.6. The molecule has 0 saturated heterocycles. The van der Waals surface area contributed by atoms with Gasteiger partial charge in [-0.25, -0.2) is 0 Å². The number of carbonyl (C=O) groups is 1. The predicted octanol–water partition coefficient (Wildman–Crippen LogP) is 4.90. The standard InChI is InChI=1S/C18H17IN6O3/c1-4-17(26)21-16-9-12(24(2)3)5-6-15(16)22-23-18-11(10-20)7-13(25(27)28)8-14(18)19/h5-9H,4H2,1-3H3,(H,21,26). The third-order valence-electron chi connectivity index (χ3n) is 3.73. The van der Waals surface area contributed by atoms with Crippen molar-refractivity contribution in [2.45, 2.75) is 13.3 Å². The summed E-state index contributed by atoms with van der Waals surface area (Å²) in [4.78, 5) is 24.1. The van der Waals surface area contributed by atoms with Crippen LogP contribution >= 0.6 is 22.6 Å². The van der Waals surface area contributed by atoms with Gasteiger partial charge in [-0.1, -0.05) is 6.92 Å². The van der Waals surface area contributed by atoms with Crippen molar-refractivity contribution in [3.05, 3.63) is 49.6 Å². The van der Waals surface area contributed by atoms with Crippen LogP contribution in [0, 0.1) is 25.0 Å². The number of amides is 1. The van der Waals surface area contributed by atoms with Gasteiger partial charge in [0.05, 0.1) is 16.2 Å². The van der Waals surface area contributed by atoms with E-state index in [1.165, 1.54) is 6.07 Å². The fourth-order valence-corrected chi connectivity index (χ4v) is 2.93. The van der Waals surface area contributed by atoms with Crippen LogP contribution in [0.3, 0.4) is 0 Å². The molecule has 0 saturated carbocycles. The number of halogens is 1. The first-order valence-corrected chi connectivity index (χ1v) is 9.25. The number of hydrogen-bond donors (Lipinski definition) is 1. The van der Waals surface area contributed by atoms with E-state index in [9.17, 15) is 20.2 Å². The van der Waals surface area contributed by atoms with Gasteiger partial charge < -0.3 is 10.2 Å². The van der Waals surface area contributed by atoms with Crippen LogP contribution in [0.2, 0.25) is 0 Å². The second-order valence-electron chi connectivity index (χ2n) is 5.89. The Balaban J connectivity index is 2.50. The zero-order chi connectivity index (χ0) is 20.8. The number of azo groups is 1. The Kier molecular flexibility index (Phi) is 7.00. The minimum Gasteiger partial charge on any atom is -0.378 e. The van der Waals surface area contributed by atoms with E-state index in [-0.39, 0.29) is 22.8 Å². The maximum Gasteiger partial charge on any atom is 0.271 e. The maximum absolute atomic E-state index is 11.8. The van der Waals surface area contributed by atoms with Crippen molar-refractivity contribution >= 4 is 56.9 Å². The number of nitriles is 1. The van der Waals surface area contributed by atoms with Crippen LogP contribution in [-0.2, 0) is 4.79 Å². The van der Waals surface area contributed by atoms with Gasteiger partial charge in [-0.15, -0.1) is 10.2 Å². The summed E-state index contributed by atoms with van der Waals surface area (Å²) in [6.07, 6.45) is 0.307. The Hall–Kier alpha value is -3.07. The Labute approximate surface area is 175 Å². The lowest BCUT2D eigenvalue weighted by Crippen LogP contribution is -2.12. The van der Waals surface area contributed by atoms with Crippen molar-refractivity contribution in [3.8, 4) is 6.07 Å². The van der Waals surface area contributed by atoms with E-state index in [4.69, 9.17) is 0 Å². The van der Waals surface area contributed by atoms with Gasteiger partial charge in [0.1, 0.15) is 17.4 Å². The molecule has 1 N–H and O–H groups in total. The lowest BCUT2D eigenvalue weighted by atomic mass is 10.2. The van der Waals surface area contributed by atoms with Crippen molar-refractivity contribution in [1.29, 1.82) is 5.26 Å². The first-order chi connectivity index (χ1) is 13.3. The molecule has 28 heavy (non-hydrogen) atoms. The Bertz CT molecular complexity index is 998. The highest BCUT2D eigenvalue weighted by Gasteiger charge is 2.16. The number of carbonyl (C=O) groups excluding carboxylic acids is 1. The summed E-state index contributed by atoms with van der Waals surface area (Å²) < 4.78 is 0.427. The molecule has 0 atom stereocenters. The molecule has 10 heteroatoms. The zero-order valence-electron chi connectivity index (χ0n) is 15.4. The lowest BCUT2D eigenvalue weighted by Gasteiger charge is -2.15. The molecule has 0 unspecified atom stereocenters. The molecule has 0 aromatic heterocycles. The number of nitro benzene ring substituents is 1. The second kappa shape index (κ2) is 9.23. The molecular formula is C18H17IN6O3. The Morgan fingerprint density at radius 3 is 2.61 bits per heavy atom. The van der Waals surface area contributed by atoms with Crippen LogP contribution in [0.1, 0.15) is 18.9 Å². The predicted molar refractivity (Wildman–Crippen MR) is 114 cm³/mol. The van der Waals surface area contributed by atoms with E-state index >= 15 is 0 Å². The fraction of sp³-hybridized carbons (Fsp3) is 0.222. The summed E-state index contributed by atoms with van der Waals surface area (Å²) in [6.45, 7) is 1.74. The van der Waals surface area contributed by atoms with Crippen molar-refractivity contribution in [2.24, 2.45) is 10.2 Å². The quantitative estimate of drug-likeness (QED) is 0.266. The number of nitrogens with zero attached hydrogens (tertiary/aromatic N) is 5. The van der Waals surface area contributed by atoms with Crippen molar-refractivity contribution < 1.29 is 9.72 Å². The number of benzene rings is 2. The van der Waals surface area contributed by atoms with E-state index in [0.29, 0.717) is 21.4 Å². The maximum atomic E-state index is 11.8. The molecule has 0 heterocycles. The van der Waals surface area contributed by atoms with Gasteiger partial charge in [0.2, 0.25) is 5.91 Å². The molecule has 2 aromatic carbocycles. The number of nitrogens with one attached hydrogen (secondary N) is 1. The van der Waals surface area contributed by atoms with Gasteiger partial charge in [0.25, 0.3) is 5.69 Å². The summed E-state index contributed by atoms with van der Waals surface area (Å²) in [5.74, 6) is -0.171. The van der Waals surface area contributed by atoms with Gasteiger partial charge >= 0.3 is 0 Å². The number of non-ortho nitro benzene ring substituents is 1. The van der Waals surface area contributed by atoms with Crippen LogP contribution < -0.4 is 10.2 Å². The summed E-state index contributed by atoms with van der Waals surface area (Å²) in [5.41, 5.74) is 1.85. The Morgan fingerprint density at radius 2 is 2.04 bits per heavy atom. The monoisotopic (exact) mass is 492 g/mol. The minimum atomic E-state index is -0.567. The summed E-state index contributed by atoms with van der Waals surface area (Å²) in [5, 5.41) is 31.4. The Morgan fingerprint density at radius 1 is 1.32 bits per heavy atom. The van der Waals surface area contributed by atoms with E-state index in [1.807, 2.05) is 53.7 Å². The van der Waals surface area contributed by atoms with Gasteiger partial charge in [-0.3, -0.25) is 14.9 Å². The van der Waals surface area contributed by atoms with Crippen molar-refractivity contribution in [1.82, 2.24) is 0 Å². The third kappa shape index (κ3) is 5.01. The highest BCUT2D eigenvalue weighted by Crippen LogP contribution is 2.35. The van der Waals surface area contributed by atoms with Gasteiger partial charge in [0, 0.05) is 41.9 Å². The van der Waals surface area contributed by atoms with E-state index in [2.05, 4.69) is 15.5 Å². The lowest BCUT2D eigenvalue weighted by molar-refractivity contribution is -0.384. The third-order valence-corrected chi connectivity index (χ3v) is 4.55. The van der Waals surface area contributed by atoms with Gasteiger partial charge in [-0.2, -0.15) is 5.26 Å². The number of rotatable bonds is 6. The summed E-state index contributed by atoms with van der Waals surface area (Å²) in [7, 11) is 3.75. The number of nitro groups is 1. The van der Waals surface area contributed by atoms with E-state index < -0.39 is 4.92 Å². The summed E-state index contributed by atoms with van der Waals surface area (Å²) >= 11 is 1.87. The highest BCUT2D eigenvalue weighted by molar-refractivity contribution is 14.1. The molecule has 2 aromatic rings. The molecule has 9 nitrogen and oxygen atoms in total. The van der Waals surface area contributed by atoms with Crippen molar-refractivity contribution in [2.75, 3.05) is 24.3 Å². The number of anilines is 2. The molecule has 2 rings (SSSR count). The average molecular weight is 492 g/mol. The molecule has 0 aliphatic carbocycles. The molecule has 0 radical (unpaired) electrons. The molecule has 1 amide bonds. The van der Waals surface area contributed by atoms with Gasteiger partial charge in [0.15, 0.2) is 0 Å². The fourth-order valence-electron chi connectivity index (χ4n) is 2.21. The largest absolute Gasteiger partial charge is 0.378 e. The molecule has 0 spiro atoms. The van der Waals surface area contributed by atoms with E-state index in [1.54, 1.807) is 19.1 Å². The minimum absolute atomic E-state index is 0.0476. The van der Waals surface area contributed by atoms with Crippen LogP contribution in [0.4, 0.5) is 28.4 Å². The topological polar surface area (TPSA) is 124 Å². The van der Waals surface area contributed by atoms with Crippen molar-refractivity contribution in [3.63, 3.8) is 0 Å². The number of hydrogen-bond acceptors (Lipinski definition) is 7. The van der Waals surface area contributed by atoms with E-state index in [0.717, 1.165) is 11.8 Å². The SMILES string of the molecule is CCC(=O)Nc1cc(N(C)C)ccc1N=Nc1c(I)cc([N+](=O)[O-])cc1C#N. The van der Waals surface area contributed by atoms with Crippen LogP contribution in [0.5, 0.6) is 0 Å². The molecule has 0 bridgehead atoms. The average Bonchev–Trinajstić information content (AvgIpc) is 2.66. The normalized spacial score (nSPS) is 10.5. The molecule has 0 aliphatic rings. The molecule has 144 valence electrons. The molecular weight excluding hydrogens is 475 g/mol. The van der Waals surface area contributed by atoms with Gasteiger partial charge in [-0.05, 0) is 40.8 Å². The first-order valence-electron chi connectivity index (χ1n) is 8.17. The first kappa shape index (κ1) is 21.2. The molecule has 0 aliphatic heterocycles. The van der Waals surface area contributed by atoms with Crippen LogP contribution in [0.25, 0.3) is 0 Å². The molecule has 0 fully saturated rings. The van der Waals surface area contributed by atoms with Crippen LogP contribution in [0.15, 0.2) is 40.6 Å². The smallest absolute Gasteiger partial charge is 0.271 e.